The molecule has 1 atom stereocenters. The molecule has 1 aliphatic rings. The van der Waals surface area contributed by atoms with Crippen molar-refractivity contribution in [3.05, 3.63) is 28.2 Å². The summed E-state index contributed by atoms with van der Waals surface area (Å²) in [7, 11) is 1.70. The predicted octanol–water partition coefficient (Wildman–Crippen LogP) is 5.86. The number of hydrogen-bond acceptors (Lipinski definition) is 1. The first-order valence-corrected chi connectivity index (χ1v) is 8.25. The lowest BCUT2D eigenvalue weighted by Crippen LogP contribution is -2.25. The van der Waals surface area contributed by atoms with Gasteiger partial charge in [-0.05, 0) is 51.9 Å². The highest BCUT2D eigenvalue weighted by atomic mass is 79.9. The maximum absolute atomic E-state index is 5.29. The number of hydrogen-bond donors (Lipinski definition) is 0. The Hall–Kier alpha value is -0.0200. The van der Waals surface area contributed by atoms with E-state index in [0.29, 0.717) is 10.2 Å². The average Bonchev–Trinajstić information content (AvgIpc) is 2.38. The van der Waals surface area contributed by atoms with Gasteiger partial charge in [0.1, 0.15) is 5.75 Å². The van der Waals surface area contributed by atoms with Crippen LogP contribution in [0.15, 0.2) is 22.7 Å². The standard InChI is InChI=1S/C15H20Br2O/c1-15(8-4-3-5-9-15)14(17)11-6-7-13(18-2)12(16)10-11/h6-7,10,14H,3-5,8-9H2,1-2H3. The Kier molecular flexibility index (Phi) is 4.76. The van der Waals surface area contributed by atoms with Gasteiger partial charge in [-0.2, -0.15) is 0 Å². The number of benzene rings is 1. The summed E-state index contributed by atoms with van der Waals surface area (Å²) in [5.74, 6) is 0.896. The van der Waals surface area contributed by atoms with Gasteiger partial charge in [0.25, 0.3) is 0 Å². The maximum Gasteiger partial charge on any atom is 0.133 e. The highest BCUT2D eigenvalue weighted by Crippen LogP contribution is 2.50. The molecule has 1 fully saturated rings. The summed E-state index contributed by atoms with van der Waals surface area (Å²) in [5.41, 5.74) is 1.72. The first-order chi connectivity index (χ1) is 8.57. The smallest absolute Gasteiger partial charge is 0.133 e. The quantitative estimate of drug-likeness (QED) is 0.600. The molecule has 3 heteroatoms. The Morgan fingerprint density at radius 3 is 2.44 bits per heavy atom. The van der Waals surface area contributed by atoms with Crippen LogP contribution in [0, 0.1) is 5.41 Å². The van der Waals surface area contributed by atoms with Crippen molar-refractivity contribution in [2.24, 2.45) is 5.41 Å². The zero-order valence-corrected chi connectivity index (χ0v) is 14.2. The van der Waals surface area contributed by atoms with E-state index >= 15 is 0 Å². The van der Waals surface area contributed by atoms with Crippen LogP contribution in [0.5, 0.6) is 5.75 Å². The second-order valence-corrected chi connectivity index (χ2v) is 7.24. The van der Waals surface area contributed by atoms with Crippen LogP contribution in [0.2, 0.25) is 0 Å². The summed E-state index contributed by atoms with van der Waals surface area (Å²) in [6.45, 7) is 2.41. The van der Waals surface area contributed by atoms with E-state index in [1.165, 1.54) is 37.7 Å². The van der Waals surface area contributed by atoms with Gasteiger partial charge < -0.3 is 4.74 Å². The molecule has 1 aliphatic carbocycles. The van der Waals surface area contributed by atoms with Crippen molar-refractivity contribution in [2.45, 2.75) is 43.9 Å². The van der Waals surface area contributed by atoms with Crippen LogP contribution in [-0.2, 0) is 0 Å². The Balaban J connectivity index is 2.22. The minimum atomic E-state index is 0.381. The normalized spacial score (nSPS) is 20.4. The largest absolute Gasteiger partial charge is 0.496 e. The molecule has 18 heavy (non-hydrogen) atoms. The minimum absolute atomic E-state index is 0.381. The zero-order valence-electron chi connectivity index (χ0n) is 11.0. The lowest BCUT2D eigenvalue weighted by atomic mass is 9.72. The molecule has 2 rings (SSSR count). The topological polar surface area (TPSA) is 9.23 Å². The molecule has 0 bridgehead atoms. The van der Waals surface area contributed by atoms with Crippen molar-refractivity contribution in [2.75, 3.05) is 7.11 Å². The molecule has 0 spiro atoms. The number of rotatable bonds is 3. The molecule has 0 heterocycles. The van der Waals surface area contributed by atoms with Crippen LogP contribution in [0.3, 0.4) is 0 Å². The van der Waals surface area contributed by atoms with Gasteiger partial charge in [-0.25, -0.2) is 0 Å². The minimum Gasteiger partial charge on any atom is -0.496 e. The van der Waals surface area contributed by atoms with Gasteiger partial charge >= 0.3 is 0 Å². The van der Waals surface area contributed by atoms with E-state index in [9.17, 15) is 0 Å². The number of alkyl halides is 1. The van der Waals surface area contributed by atoms with Crippen LogP contribution < -0.4 is 4.74 Å². The highest BCUT2D eigenvalue weighted by molar-refractivity contribution is 9.10. The fourth-order valence-corrected chi connectivity index (χ4v) is 4.16. The third-order valence-electron chi connectivity index (χ3n) is 4.08. The Morgan fingerprint density at radius 1 is 1.22 bits per heavy atom. The Morgan fingerprint density at radius 2 is 1.89 bits per heavy atom. The van der Waals surface area contributed by atoms with Crippen LogP contribution in [-0.4, -0.2) is 7.11 Å². The molecule has 1 saturated carbocycles. The van der Waals surface area contributed by atoms with E-state index < -0.39 is 0 Å². The van der Waals surface area contributed by atoms with Crippen molar-refractivity contribution >= 4 is 31.9 Å². The number of methoxy groups -OCH3 is 1. The maximum atomic E-state index is 5.29. The van der Waals surface area contributed by atoms with Crippen molar-refractivity contribution in [3.63, 3.8) is 0 Å². The summed E-state index contributed by atoms with van der Waals surface area (Å²) in [6.07, 6.45) is 6.73. The third-order valence-corrected chi connectivity index (χ3v) is 6.33. The van der Waals surface area contributed by atoms with Crippen LogP contribution in [0.25, 0.3) is 0 Å². The number of ether oxygens (including phenoxy) is 1. The summed E-state index contributed by atoms with van der Waals surface area (Å²) < 4.78 is 6.32. The van der Waals surface area contributed by atoms with E-state index in [4.69, 9.17) is 4.74 Å². The van der Waals surface area contributed by atoms with E-state index in [-0.39, 0.29) is 0 Å². The molecule has 1 unspecified atom stereocenters. The van der Waals surface area contributed by atoms with Gasteiger partial charge in [0, 0.05) is 4.83 Å². The SMILES string of the molecule is COc1ccc(C(Br)C2(C)CCCCC2)cc1Br. The van der Waals surface area contributed by atoms with Crippen molar-refractivity contribution in [1.29, 1.82) is 0 Å². The molecule has 1 aromatic carbocycles. The van der Waals surface area contributed by atoms with Crippen LogP contribution in [0.1, 0.15) is 49.4 Å². The Bertz CT molecular complexity index is 411. The van der Waals surface area contributed by atoms with E-state index in [1.807, 2.05) is 6.07 Å². The van der Waals surface area contributed by atoms with Gasteiger partial charge in [-0.15, -0.1) is 0 Å². The van der Waals surface area contributed by atoms with Crippen LogP contribution >= 0.6 is 31.9 Å². The first kappa shape index (κ1) is 14.4. The molecule has 0 aromatic heterocycles. The lowest BCUT2D eigenvalue weighted by Gasteiger charge is -2.38. The summed E-state index contributed by atoms with van der Waals surface area (Å²) >= 11 is 7.49. The Labute approximate surface area is 127 Å². The van der Waals surface area contributed by atoms with E-state index in [2.05, 4.69) is 50.9 Å². The van der Waals surface area contributed by atoms with E-state index in [1.54, 1.807) is 7.11 Å². The first-order valence-electron chi connectivity index (χ1n) is 6.54. The fourth-order valence-electron chi connectivity index (χ4n) is 2.86. The van der Waals surface area contributed by atoms with Gasteiger partial charge in [0.15, 0.2) is 0 Å². The summed E-state index contributed by atoms with van der Waals surface area (Å²) in [4.78, 5) is 0.424. The van der Waals surface area contributed by atoms with Gasteiger partial charge in [-0.3, -0.25) is 0 Å². The molecular weight excluding hydrogens is 356 g/mol. The second-order valence-electron chi connectivity index (χ2n) is 5.47. The van der Waals surface area contributed by atoms with Gasteiger partial charge in [0.05, 0.1) is 11.6 Å². The molecule has 1 aromatic rings. The molecule has 100 valence electrons. The van der Waals surface area contributed by atoms with Crippen molar-refractivity contribution in [3.8, 4) is 5.75 Å². The zero-order chi connectivity index (χ0) is 13.2. The molecule has 0 amide bonds. The molecule has 1 nitrogen and oxygen atoms in total. The van der Waals surface area contributed by atoms with E-state index in [0.717, 1.165) is 10.2 Å². The predicted molar refractivity (Wildman–Crippen MR) is 83.6 cm³/mol. The van der Waals surface area contributed by atoms with Gasteiger partial charge in [0.2, 0.25) is 0 Å². The fraction of sp³-hybridized carbons (Fsp3) is 0.600. The third kappa shape index (κ3) is 2.93. The summed E-state index contributed by atoms with van der Waals surface area (Å²) in [5, 5.41) is 0. The second kappa shape index (κ2) is 5.96. The number of halogens is 2. The average molecular weight is 376 g/mol. The molecule has 0 N–H and O–H groups in total. The highest BCUT2D eigenvalue weighted by Gasteiger charge is 2.34. The van der Waals surface area contributed by atoms with Crippen molar-refractivity contribution in [1.82, 2.24) is 0 Å². The monoisotopic (exact) mass is 374 g/mol. The summed E-state index contributed by atoms with van der Waals surface area (Å²) in [6, 6.07) is 6.39. The van der Waals surface area contributed by atoms with Gasteiger partial charge in [-0.1, -0.05) is 48.2 Å². The van der Waals surface area contributed by atoms with Crippen LogP contribution in [0.4, 0.5) is 0 Å². The lowest BCUT2D eigenvalue weighted by molar-refractivity contribution is 0.213. The molecule has 0 saturated heterocycles. The molecule has 0 radical (unpaired) electrons. The van der Waals surface area contributed by atoms with Crippen molar-refractivity contribution < 1.29 is 4.74 Å². The molecule has 0 aliphatic heterocycles. The molecular formula is C15H20Br2O.